The molecule has 1 rings (SSSR count). The first-order chi connectivity index (χ1) is 8.21. The molecule has 0 bridgehead atoms. The first-order valence-electron chi connectivity index (χ1n) is 5.20. The van der Waals surface area contributed by atoms with Crippen molar-refractivity contribution in [3.8, 4) is 6.07 Å². The maximum Gasteiger partial charge on any atom is 0.335 e. The van der Waals surface area contributed by atoms with Gasteiger partial charge in [-0.1, -0.05) is 0 Å². The number of hydrogen-bond donors (Lipinski definition) is 1. The minimum absolute atomic E-state index is 0.0889. The van der Waals surface area contributed by atoms with E-state index in [9.17, 15) is 13.2 Å². The number of rotatable bonds is 3. The Hall–Kier alpha value is -1.87. The highest BCUT2D eigenvalue weighted by atomic mass is 32.2. The second-order valence-corrected chi connectivity index (χ2v) is 6.27. The highest BCUT2D eigenvalue weighted by molar-refractivity contribution is 7.92. The quantitative estimate of drug-likeness (QED) is 0.899. The van der Waals surface area contributed by atoms with E-state index in [1.165, 1.54) is 13.0 Å². The van der Waals surface area contributed by atoms with E-state index < -0.39 is 21.1 Å². The first kappa shape index (κ1) is 14.2. The van der Waals surface area contributed by atoms with Crippen LogP contribution in [-0.4, -0.2) is 24.7 Å². The summed E-state index contributed by atoms with van der Waals surface area (Å²) in [6.45, 7) is 4.51. The van der Waals surface area contributed by atoms with Crippen molar-refractivity contribution in [2.24, 2.45) is 0 Å². The molecule has 6 heteroatoms. The molecule has 18 heavy (non-hydrogen) atoms. The third-order valence-corrected chi connectivity index (χ3v) is 4.89. The van der Waals surface area contributed by atoms with Crippen molar-refractivity contribution >= 4 is 15.8 Å². The molecule has 1 atom stereocenters. The van der Waals surface area contributed by atoms with Crippen LogP contribution >= 0.6 is 0 Å². The predicted octanol–water partition coefficient (Wildman–Crippen LogP) is 1.69. The van der Waals surface area contributed by atoms with Gasteiger partial charge in [-0.2, -0.15) is 5.26 Å². The Balaban J connectivity index is 3.61. The van der Waals surface area contributed by atoms with Crippen LogP contribution in [0.2, 0.25) is 0 Å². The maximum atomic E-state index is 12.1. The van der Waals surface area contributed by atoms with Gasteiger partial charge in [-0.3, -0.25) is 0 Å². The fourth-order valence-electron chi connectivity index (χ4n) is 1.51. The van der Waals surface area contributed by atoms with Crippen LogP contribution in [0.1, 0.15) is 28.4 Å². The van der Waals surface area contributed by atoms with Gasteiger partial charge < -0.3 is 5.11 Å². The summed E-state index contributed by atoms with van der Waals surface area (Å²) < 4.78 is 24.2. The average molecular weight is 267 g/mol. The third kappa shape index (κ3) is 2.36. The normalized spacial score (nSPS) is 12.8. The summed E-state index contributed by atoms with van der Waals surface area (Å²) in [4.78, 5) is 10.8. The molecular formula is C12H13NO4S. The van der Waals surface area contributed by atoms with Crippen LogP contribution < -0.4 is 0 Å². The molecule has 0 aliphatic heterocycles. The summed E-state index contributed by atoms with van der Waals surface area (Å²) in [7, 11) is -3.82. The number of aromatic carboxylic acids is 1. The molecule has 1 unspecified atom stereocenters. The molecule has 0 amide bonds. The van der Waals surface area contributed by atoms with Crippen LogP contribution in [0.4, 0.5) is 0 Å². The Morgan fingerprint density at radius 2 is 1.94 bits per heavy atom. The van der Waals surface area contributed by atoms with Gasteiger partial charge in [0.2, 0.25) is 0 Å². The van der Waals surface area contributed by atoms with E-state index in [-0.39, 0.29) is 10.5 Å². The molecule has 5 nitrogen and oxygen atoms in total. The summed E-state index contributed by atoms with van der Waals surface area (Å²) in [5.74, 6) is -1.20. The van der Waals surface area contributed by atoms with Crippen LogP contribution in [0.5, 0.6) is 0 Å². The lowest BCUT2D eigenvalue weighted by molar-refractivity contribution is 0.0696. The zero-order valence-corrected chi connectivity index (χ0v) is 11.1. The number of benzene rings is 1. The Morgan fingerprint density at radius 3 is 2.39 bits per heavy atom. The van der Waals surface area contributed by atoms with Crippen molar-refractivity contribution < 1.29 is 18.3 Å². The van der Waals surface area contributed by atoms with Gasteiger partial charge in [-0.25, -0.2) is 13.2 Å². The highest BCUT2D eigenvalue weighted by Crippen LogP contribution is 2.24. The van der Waals surface area contributed by atoms with Crippen molar-refractivity contribution in [3.63, 3.8) is 0 Å². The number of carboxylic acids is 1. The Bertz CT molecular complexity index is 641. The molecule has 0 aliphatic rings. The zero-order chi connectivity index (χ0) is 14.1. The number of carboxylic acid groups (broad SMARTS) is 1. The van der Waals surface area contributed by atoms with Gasteiger partial charge in [0.25, 0.3) is 0 Å². The van der Waals surface area contributed by atoms with Gasteiger partial charge in [-0.15, -0.1) is 0 Å². The second kappa shape index (κ2) is 4.78. The predicted molar refractivity (Wildman–Crippen MR) is 65.1 cm³/mol. The molecule has 0 saturated heterocycles. The van der Waals surface area contributed by atoms with Crippen molar-refractivity contribution in [1.29, 1.82) is 5.26 Å². The van der Waals surface area contributed by atoms with E-state index in [0.29, 0.717) is 11.1 Å². The Labute approximate surface area is 106 Å². The molecule has 1 aromatic carbocycles. The lowest BCUT2D eigenvalue weighted by Crippen LogP contribution is -2.18. The molecule has 96 valence electrons. The molecule has 1 N–H and O–H groups in total. The maximum absolute atomic E-state index is 12.1. The highest BCUT2D eigenvalue weighted by Gasteiger charge is 2.26. The summed E-state index contributed by atoms with van der Waals surface area (Å²) in [5.41, 5.74) is 0.947. The van der Waals surface area contributed by atoms with Crippen LogP contribution in [0.15, 0.2) is 17.0 Å². The summed E-state index contributed by atoms with van der Waals surface area (Å²) >= 11 is 0. The third-order valence-electron chi connectivity index (χ3n) is 2.82. The molecule has 0 heterocycles. The van der Waals surface area contributed by atoms with E-state index in [1.54, 1.807) is 19.9 Å². The van der Waals surface area contributed by atoms with Crippen LogP contribution in [0, 0.1) is 25.2 Å². The van der Waals surface area contributed by atoms with Gasteiger partial charge in [-0.05, 0) is 44.0 Å². The standard InChI is InChI=1S/C12H13NO4S/c1-7-4-10(12(14)15)5-11(9(7)3)18(16,17)8(2)6-13/h4-5,8H,1-3H3,(H,14,15). The average Bonchev–Trinajstić information content (AvgIpc) is 2.30. The molecule has 1 aromatic rings. The van der Waals surface area contributed by atoms with E-state index >= 15 is 0 Å². The van der Waals surface area contributed by atoms with Crippen molar-refractivity contribution in [1.82, 2.24) is 0 Å². The molecule has 0 radical (unpaired) electrons. The minimum Gasteiger partial charge on any atom is -0.478 e. The Morgan fingerprint density at radius 1 is 1.39 bits per heavy atom. The van der Waals surface area contributed by atoms with E-state index in [0.717, 1.165) is 6.07 Å². The van der Waals surface area contributed by atoms with Gasteiger partial charge in [0.05, 0.1) is 16.5 Å². The number of sulfone groups is 1. The molecular weight excluding hydrogens is 254 g/mol. The van der Waals surface area contributed by atoms with Crippen LogP contribution in [-0.2, 0) is 9.84 Å². The Kier molecular flexibility index (Phi) is 3.77. The smallest absolute Gasteiger partial charge is 0.335 e. The number of nitrogens with zero attached hydrogens (tertiary/aromatic N) is 1. The van der Waals surface area contributed by atoms with Crippen molar-refractivity contribution in [3.05, 3.63) is 28.8 Å². The van der Waals surface area contributed by atoms with E-state index in [1.807, 2.05) is 0 Å². The summed E-state index contributed by atoms with van der Waals surface area (Å²) in [5, 5.41) is 16.4. The SMILES string of the molecule is Cc1cc(C(=O)O)cc(S(=O)(=O)C(C)C#N)c1C. The van der Waals surface area contributed by atoms with Gasteiger partial charge in [0, 0.05) is 0 Å². The number of aryl methyl sites for hydroxylation is 1. The topological polar surface area (TPSA) is 95.2 Å². The largest absolute Gasteiger partial charge is 0.478 e. The van der Waals surface area contributed by atoms with E-state index in [2.05, 4.69) is 0 Å². The fourth-order valence-corrected chi connectivity index (χ4v) is 2.90. The van der Waals surface area contributed by atoms with Crippen molar-refractivity contribution in [2.45, 2.75) is 30.9 Å². The lowest BCUT2D eigenvalue weighted by Gasteiger charge is -2.12. The van der Waals surface area contributed by atoms with Gasteiger partial charge >= 0.3 is 5.97 Å². The summed E-state index contributed by atoms with van der Waals surface area (Å²) in [6.07, 6.45) is 0. The minimum atomic E-state index is -3.82. The number of carbonyl (C=O) groups is 1. The lowest BCUT2D eigenvalue weighted by atomic mass is 10.1. The monoisotopic (exact) mass is 267 g/mol. The fraction of sp³-hybridized carbons (Fsp3) is 0.333. The molecule has 0 fully saturated rings. The van der Waals surface area contributed by atoms with Crippen LogP contribution in [0.3, 0.4) is 0 Å². The number of hydrogen-bond acceptors (Lipinski definition) is 4. The summed E-state index contributed by atoms with van der Waals surface area (Å²) in [6, 6.07) is 4.18. The second-order valence-electron chi connectivity index (χ2n) is 4.04. The number of nitriles is 1. The van der Waals surface area contributed by atoms with Gasteiger partial charge in [0.1, 0.15) is 5.25 Å². The van der Waals surface area contributed by atoms with Crippen LogP contribution in [0.25, 0.3) is 0 Å². The van der Waals surface area contributed by atoms with Gasteiger partial charge in [0.15, 0.2) is 9.84 Å². The molecule has 0 aromatic heterocycles. The molecule has 0 saturated carbocycles. The zero-order valence-electron chi connectivity index (χ0n) is 10.3. The molecule has 0 aliphatic carbocycles. The van der Waals surface area contributed by atoms with Crippen molar-refractivity contribution in [2.75, 3.05) is 0 Å². The molecule has 0 spiro atoms. The van der Waals surface area contributed by atoms with E-state index in [4.69, 9.17) is 10.4 Å². The first-order valence-corrected chi connectivity index (χ1v) is 6.74.